The Morgan fingerprint density at radius 1 is 1.42 bits per heavy atom. The summed E-state index contributed by atoms with van der Waals surface area (Å²) in [4.78, 5) is 0. The third-order valence-corrected chi connectivity index (χ3v) is 2.83. The van der Waals surface area contributed by atoms with Crippen LogP contribution in [0, 0.1) is 0 Å². The maximum Gasteiger partial charge on any atom is 0.267 e. The van der Waals surface area contributed by atoms with Gasteiger partial charge in [-0.2, -0.15) is 8.42 Å². The second-order valence-electron chi connectivity index (χ2n) is 2.97. The average molecular weight is 198 g/mol. The minimum absolute atomic E-state index is 0.148. The van der Waals surface area contributed by atoms with Gasteiger partial charge in [-0.05, 0) is 13.3 Å². The summed E-state index contributed by atoms with van der Waals surface area (Å²) in [6.07, 6.45) is -0.238. The Morgan fingerprint density at radius 3 is 1.92 bits per heavy atom. The molecule has 0 saturated carbocycles. The van der Waals surface area contributed by atoms with Gasteiger partial charge in [0.1, 0.15) is 0 Å². The van der Waals surface area contributed by atoms with E-state index in [4.69, 9.17) is 14.8 Å². The molecule has 1 unspecified atom stereocenters. The van der Waals surface area contributed by atoms with Crippen LogP contribution in [-0.2, 0) is 10.1 Å². The summed E-state index contributed by atoms with van der Waals surface area (Å²) in [5, 5.41) is 16.6. The molecule has 0 saturated heterocycles. The smallest absolute Gasteiger partial charge is 0.267 e. The lowest BCUT2D eigenvalue weighted by molar-refractivity contribution is -0.149. The van der Waals surface area contributed by atoms with Gasteiger partial charge in [0.2, 0.25) is 0 Å². The molecule has 5 nitrogen and oxygen atoms in total. The van der Waals surface area contributed by atoms with Gasteiger partial charge in [-0.15, -0.1) is 0 Å². The molecule has 0 bridgehead atoms. The van der Waals surface area contributed by atoms with Gasteiger partial charge in [0, 0.05) is 6.42 Å². The minimum Gasteiger partial charge on any atom is -0.366 e. The molecule has 6 heteroatoms. The molecule has 0 aliphatic carbocycles. The fraction of sp³-hybridized carbons (Fsp3) is 1.00. The topological polar surface area (TPSA) is 94.8 Å². The highest BCUT2D eigenvalue weighted by Gasteiger charge is 2.29. The van der Waals surface area contributed by atoms with E-state index in [9.17, 15) is 8.42 Å². The van der Waals surface area contributed by atoms with E-state index < -0.39 is 21.2 Å². The molecule has 3 N–H and O–H groups in total. The third kappa shape index (κ3) is 4.66. The lowest BCUT2D eigenvalue weighted by atomic mass is 10.1. The van der Waals surface area contributed by atoms with Crippen molar-refractivity contribution in [1.82, 2.24) is 0 Å². The van der Waals surface area contributed by atoms with Crippen molar-refractivity contribution in [3.05, 3.63) is 0 Å². The van der Waals surface area contributed by atoms with Crippen LogP contribution in [0.1, 0.15) is 26.7 Å². The van der Waals surface area contributed by atoms with Crippen molar-refractivity contribution in [2.45, 2.75) is 37.7 Å². The first-order valence-electron chi connectivity index (χ1n) is 3.58. The molecule has 0 heterocycles. The van der Waals surface area contributed by atoms with Gasteiger partial charge in [0.15, 0.2) is 5.79 Å². The highest BCUT2D eigenvalue weighted by molar-refractivity contribution is 7.86. The van der Waals surface area contributed by atoms with Crippen LogP contribution < -0.4 is 0 Å². The van der Waals surface area contributed by atoms with E-state index in [1.165, 1.54) is 0 Å². The number of hydrogen-bond acceptors (Lipinski definition) is 4. The Hall–Kier alpha value is -0.170. The standard InChI is InChI=1S/C6H14O5S/c1-3-5(12(9,10)11)4-6(2,7)8/h5,7-8H,3-4H2,1-2H3,(H,9,10,11). The lowest BCUT2D eigenvalue weighted by Gasteiger charge is -2.20. The van der Waals surface area contributed by atoms with Crippen molar-refractivity contribution in [2.75, 3.05) is 0 Å². The first kappa shape index (κ1) is 11.8. The first-order valence-corrected chi connectivity index (χ1v) is 5.08. The molecule has 0 spiro atoms. The summed E-state index contributed by atoms with van der Waals surface area (Å²) in [5.74, 6) is -2.06. The van der Waals surface area contributed by atoms with Gasteiger partial charge in [-0.1, -0.05) is 6.92 Å². The fourth-order valence-electron chi connectivity index (χ4n) is 0.892. The van der Waals surface area contributed by atoms with Crippen molar-refractivity contribution in [3.63, 3.8) is 0 Å². The summed E-state index contributed by atoms with van der Waals surface area (Å²) < 4.78 is 29.7. The molecule has 0 fully saturated rings. The van der Waals surface area contributed by atoms with Gasteiger partial charge >= 0.3 is 0 Å². The van der Waals surface area contributed by atoms with Crippen LogP contribution in [0.25, 0.3) is 0 Å². The Bertz CT molecular complexity index is 225. The molecule has 0 radical (unpaired) electrons. The second-order valence-corrected chi connectivity index (χ2v) is 4.66. The van der Waals surface area contributed by atoms with E-state index in [1.54, 1.807) is 6.92 Å². The second kappa shape index (κ2) is 3.69. The van der Waals surface area contributed by atoms with Gasteiger partial charge in [0.25, 0.3) is 10.1 Å². The van der Waals surface area contributed by atoms with E-state index in [0.717, 1.165) is 6.92 Å². The normalized spacial score (nSPS) is 16.1. The van der Waals surface area contributed by atoms with E-state index in [1.807, 2.05) is 0 Å². The van der Waals surface area contributed by atoms with Gasteiger partial charge in [-0.25, -0.2) is 0 Å². The molecule has 0 aromatic rings. The zero-order valence-corrected chi connectivity index (χ0v) is 7.87. The third-order valence-electron chi connectivity index (χ3n) is 1.49. The predicted octanol–water partition coefficient (Wildman–Crippen LogP) is -0.256. The summed E-state index contributed by atoms with van der Waals surface area (Å²) in [5.41, 5.74) is 0. The van der Waals surface area contributed by atoms with Crippen LogP contribution in [0.5, 0.6) is 0 Å². The number of hydrogen-bond donors (Lipinski definition) is 3. The average Bonchev–Trinajstić information content (AvgIpc) is 1.78. The number of rotatable bonds is 4. The van der Waals surface area contributed by atoms with Crippen LogP contribution in [0.2, 0.25) is 0 Å². The van der Waals surface area contributed by atoms with Crippen LogP contribution >= 0.6 is 0 Å². The maximum atomic E-state index is 10.6. The zero-order valence-electron chi connectivity index (χ0n) is 7.06. The molecule has 0 aromatic heterocycles. The molecule has 0 amide bonds. The quantitative estimate of drug-likeness (QED) is 0.427. The van der Waals surface area contributed by atoms with Gasteiger partial charge in [0.05, 0.1) is 5.25 Å². The van der Waals surface area contributed by atoms with E-state index >= 15 is 0 Å². The molecule has 0 aliphatic heterocycles. The Labute approximate surface area is 71.8 Å². The highest BCUT2D eigenvalue weighted by atomic mass is 32.2. The van der Waals surface area contributed by atoms with Gasteiger partial charge in [-0.3, -0.25) is 4.55 Å². The summed E-state index contributed by atoms with van der Waals surface area (Å²) in [6, 6.07) is 0. The van der Waals surface area contributed by atoms with Crippen molar-refractivity contribution >= 4 is 10.1 Å². The van der Waals surface area contributed by atoms with Gasteiger partial charge < -0.3 is 10.2 Å². The summed E-state index contributed by atoms with van der Waals surface area (Å²) >= 11 is 0. The highest BCUT2D eigenvalue weighted by Crippen LogP contribution is 2.16. The maximum absolute atomic E-state index is 10.6. The molecular formula is C6H14O5S. The SMILES string of the molecule is CCC(CC(C)(O)O)S(=O)(=O)O. The van der Waals surface area contributed by atoms with Crippen LogP contribution in [0.15, 0.2) is 0 Å². The van der Waals surface area contributed by atoms with Crippen LogP contribution in [0.3, 0.4) is 0 Å². The zero-order chi connectivity index (χ0) is 9.99. The fourth-order valence-corrected chi connectivity index (χ4v) is 1.84. The van der Waals surface area contributed by atoms with Crippen molar-refractivity contribution in [3.8, 4) is 0 Å². The first-order chi connectivity index (χ1) is 5.17. The Morgan fingerprint density at radius 2 is 1.83 bits per heavy atom. The molecule has 0 rings (SSSR count). The van der Waals surface area contributed by atoms with Crippen molar-refractivity contribution in [1.29, 1.82) is 0 Å². The summed E-state index contributed by atoms with van der Waals surface area (Å²) in [6.45, 7) is 2.62. The van der Waals surface area contributed by atoms with E-state index in [0.29, 0.717) is 0 Å². The molecule has 0 aromatic carbocycles. The van der Waals surface area contributed by atoms with Crippen molar-refractivity contribution < 1.29 is 23.2 Å². The molecule has 1 atom stereocenters. The lowest BCUT2D eigenvalue weighted by Crippen LogP contribution is -2.33. The Kier molecular flexibility index (Phi) is 3.64. The Balaban J connectivity index is 4.41. The molecule has 0 aliphatic rings. The number of aliphatic hydroxyl groups is 2. The molecule has 12 heavy (non-hydrogen) atoms. The van der Waals surface area contributed by atoms with Crippen LogP contribution in [0.4, 0.5) is 0 Å². The van der Waals surface area contributed by atoms with Crippen molar-refractivity contribution in [2.24, 2.45) is 0 Å². The monoisotopic (exact) mass is 198 g/mol. The summed E-state index contributed by atoms with van der Waals surface area (Å²) in [7, 11) is -4.17. The largest absolute Gasteiger partial charge is 0.366 e. The predicted molar refractivity (Wildman–Crippen MR) is 43.1 cm³/mol. The molecular weight excluding hydrogens is 184 g/mol. The van der Waals surface area contributed by atoms with E-state index in [2.05, 4.69) is 0 Å². The minimum atomic E-state index is -4.17. The molecule has 74 valence electrons. The van der Waals surface area contributed by atoms with E-state index in [-0.39, 0.29) is 12.8 Å². The van der Waals surface area contributed by atoms with Crippen LogP contribution in [-0.4, -0.2) is 34.2 Å².